The molecule has 0 rings (SSSR count). The van der Waals surface area contributed by atoms with Crippen molar-refractivity contribution in [2.75, 3.05) is 13.2 Å². The average Bonchev–Trinajstić information content (AvgIpc) is 2.55. The highest BCUT2D eigenvalue weighted by molar-refractivity contribution is 7.87. The largest absolute Gasteiger partial charge is 0.468 e. The third kappa shape index (κ3) is 6.00. The Morgan fingerprint density at radius 3 is 1.90 bits per heavy atom. The number of hydrogen-bond donors (Lipinski definition) is 1. The van der Waals surface area contributed by atoms with Gasteiger partial charge >= 0.3 is 45.2 Å². The van der Waals surface area contributed by atoms with Crippen molar-refractivity contribution < 1.29 is 71.9 Å². The Hall–Kier alpha value is -2.01. The number of halogens is 8. The van der Waals surface area contributed by atoms with Gasteiger partial charge in [-0.3, -0.25) is 4.55 Å². The molecule has 0 aliphatic rings. The standard InChI is InChI=1S/C13H14F8O8S/c1-3-5-27-9(23)11(12(17,18)19,29-8(22)7(2)14)28-6-4-10(15,16)13(20,21)30(24,25)26/h2-6H2,1H3,(H,24,25,26). The van der Waals surface area contributed by atoms with Crippen molar-refractivity contribution in [2.45, 2.75) is 42.9 Å². The summed E-state index contributed by atoms with van der Waals surface area (Å²) in [5.41, 5.74) is 0. The van der Waals surface area contributed by atoms with E-state index in [1.165, 1.54) is 6.92 Å². The van der Waals surface area contributed by atoms with Crippen molar-refractivity contribution in [3.8, 4) is 0 Å². The first kappa shape index (κ1) is 28.0. The van der Waals surface area contributed by atoms with Crippen LogP contribution in [0.1, 0.15) is 19.8 Å². The average molecular weight is 482 g/mol. The summed E-state index contributed by atoms with van der Waals surface area (Å²) in [5, 5.41) is -6.16. The van der Waals surface area contributed by atoms with Crippen LogP contribution in [0.15, 0.2) is 12.4 Å². The zero-order valence-electron chi connectivity index (χ0n) is 14.8. The van der Waals surface area contributed by atoms with Crippen LogP contribution in [0.25, 0.3) is 0 Å². The van der Waals surface area contributed by atoms with Crippen molar-refractivity contribution in [1.29, 1.82) is 0 Å². The lowest BCUT2D eigenvalue weighted by atomic mass is 10.2. The number of hydrogen-bond acceptors (Lipinski definition) is 7. The predicted molar refractivity (Wildman–Crippen MR) is 78.4 cm³/mol. The molecular formula is C13H14F8O8S. The molecule has 0 saturated heterocycles. The van der Waals surface area contributed by atoms with Gasteiger partial charge in [-0.05, 0) is 6.42 Å². The Bertz CT molecular complexity index is 764. The maximum Gasteiger partial charge on any atom is 0.468 e. The maximum absolute atomic E-state index is 13.4. The van der Waals surface area contributed by atoms with Crippen LogP contribution in [0.5, 0.6) is 0 Å². The summed E-state index contributed by atoms with van der Waals surface area (Å²) in [7, 11) is -6.71. The molecule has 0 aromatic carbocycles. The minimum atomic E-state index is -6.71. The predicted octanol–water partition coefficient (Wildman–Crippen LogP) is 2.75. The first-order valence-corrected chi connectivity index (χ1v) is 8.89. The van der Waals surface area contributed by atoms with Crippen molar-refractivity contribution in [2.24, 2.45) is 0 Å². The van der Waals surface area contributed by atoms with Gasteiger partial charge in [-0.15, -0.1) is 0 Å². The summed E-state index contributed by atoms with van der Waals surface area (Å²) in [6.07, 6.45) is -8.74. The van der Waals surface area contributed by atoms with Crippen LogP contribution in [0.2, 0.25) is 0 Å². The van der Waals surface area contributed by atoms with E-state index in [-0.39, 0.29) is 6.42 Å². The van der Waals surface area contributed by atoms with E-state index in [9.17, 15) is 53.1 Å². The number of ether oxygens (including phenoxy) is 3. The van der Waals surface area contributed by atoms with Crippen molar-refractivity contribution >= 4 is 22.1 Å². The molecule has 0 heterocycles. The molecule has 1 atom stereocenters. The van der Waals surface area contributed by atoms with Gasteiger partial charge in [0.05, 0.1) is 13.2 Å². The molecule has 0 aromatic heterocycles. The van der Waals surface area contributed by atoms with Gasteiger partial charge < -0.3 is 14.2 Å². The molecule has 176 valence electrons. The Morgan fingerprint density at radius 2 is 1.53 bits per heavy atom. The molecule has 0 aromatic rings. The number of esters is 2. The Morgan fingerprint density at radius 1 is 1.03 bits per heavy atom. The summed E-state index contributed by atoms with van der Waals surface area (Å²) in [6, 6.07) is 0. The zero-order valence-corrected chi connectivity index (χ0v) is 15.6. The molecule has 1 N–H and O–H groups in total. The monoisotopic (exact) mass is 482 g/mol. The van der Waals surface area contributed by atoms with Gasteiger partial charge in [0.1, 0.15) is 0 Å². The van der Waals surface area contributed by atoms with Crippen LogP contribution in [-0.2, 0) is 33.9 Å². The minimum Gasteiger partial charge on any atom is -0.461 e. The minimum absolute atomic E-state index is 0.0951. The molecule has 0 spiro atoms. The fraction of sp³-hybridized carbons (Fsp3) is 0.692. The van der Waals surface area contributed by atoms with E-state index in [4.69, 9.17) is 4.55 Å². The van der Waals surface area contributed by atoms with E-state index in [0.717, 1.165) is 0 Å². The Labute approximate surface area is 163 Å². The van der Waals surface area contributed by atoms with Gasteiger partial charge in [0.15, 0.2) is 0 Å². The summed E-state index contributed by atoms with van der Waals surface area (Å²) in [6.45, 7) is 0.646. The highest BCUT2D eigenvalue weighted by Gasteiger charge is 2.69. The molecule has 0 aliphatic carbocycles. The van der Waals surface area contributed by atoms with E-state index in [1.54, 1.807) is 0 Å². The maximum atomic E-state index is 13.4. The second-order valence-electron chi connectivity index (χ2n) is 5.34. The second kappa shape index (κ2) is 9.42. The van der Waals surface area contributed by atoms with Crippen molar-refractivity contribution in [3.63, 3.8) is 0 Å². The van der Waals surface area contributed by atoms with E-state index in [1.807, 2.05) is 0 Å². The summed E-state index contributed by atoms with van der Waals surface area (Å²) in [5.74, 6) is -17.9. The van der Waals surface area contributed by atoms with Crippen molar-refractivity contribution in [3.05, 3.63) is 12.4 Å². The lowest BCUT2D eigenvalue weighted by Crippen LogP contribution is -2.59. The molecule has 0 bridgehead atoms. The lowest BCUT2D eigenvalue weighted by molar-refractivity contribution is -0.357. The summed E-state index contributed by atoms with van der Waals surface area (Å²) < 4.78 is 146. The van der Waals surface area contributed by atoms with Gasteiger partial charge in [0.2, 0.25) is 5.83 Å². The van der Waals surface area contributed by atoms with Gasteiger partial charge in [-0.1, -0.05) is 13.5 Å². The van der Waals surface area contributed by atoms with E-state index in [2.05, 4.69) is 20.8 Å². The highest BCUT2D eigenvalue weighted by atomic mass is 32.2. The van der Waals surface area contributed by atoms with Gasteiger partial charge in [0.25, 0.3) is 0 Å². The fourth-order valence-electron chi connectivity index (χ4n) is 1.52. The number of carbonyl (C=O) groups excluding carboxylic acids is 2. The van der Waals surface area contributed by atoms with Gasteiger partial charge in [-0.2, -0.15) is 43.5 Å². The van der Waals surface area contributed by atoms with Crippen molar-refractivity contribution in [1.82, 2.24) is 0 Å². The lowest BCUT2D eigenvalue weighted by Gasteiger charge is -2.32. The molecular weight excluding hydrogens is 468 g/mol. The van der Waals surface area contributed by atoms with Crippen LogP contribution in [-0.4, -0.2) is 61.3 Å². The third-order valence-corrected chi connectivity index (χ3v) is 3.95. The molecule has 0 saturated carbocycles. The van der Waals surface area contributed by atoms with E-state index < -0.39 is 70.7 Å². The zero-order chi connectivity index (χ0) is 24.2. The first-order chi connectivity index (χ1) is 13.3. The molecule has 0 fully saturated rings. The number of alkyl halides is 7. The normalized spacial score (nSPS) is 15.3. The quantitative estimate of drug-likeness (QED) is 0.157. The second-order valence-corrected chi connectivity index (χ2v) is 6.80. The molecule has 0 amide bonds. The summed E-state index contributed by atoms with van der Waals surface area (Å²) >= 11 is 0. The molecule has 17 heteroatoms. The van der Waals surface area contributed by atoms with Gasteiger partial charge in [-0.25, -0.2) is 9.59 Å². The van der Waals surface area contributed by atoms with Crippen LogP contribution in [0.3, 0.4) is 0 Å². The molecule has 30 heavy (non-hydrogen) atoms. The molecule has 0 radical (unpaired) electrons. The van der Waals surface area contributed by atoms with E-state index in [0.29, 0.717) is 0 Å². The molecule has 0 aliphatic heterocycles. The fourth-order valence-corrected chi connectivity index (χ4v) is 2.00. The number of carbonyl (C=O) groups is 2. The Balaban J connectivity index is 5.97. The van der Waals surface area contributed by atoms with Crippen LogP contribution in [0.4, 0.5) is 35.1 Å². The van der Waals surface area contributed by atoms with E-state index >= 15 is 0 Å². The van der Waals surface area contributed by atoms with Crippen LogP contribution in [0, 0.1) is 0 Å². The molecule has 1 unspecified atom stereocenters. The third-order valence-electron chi connectivity index (χ3n) is 3.01. The first-order valence-electron chi connectivity index (χ1n) is 7.45. The highest BCUT2D eigenvalue weighted by Crippen LogP contribution is 2.42. The number of rotatable bonds is 11. The summed E-state index contributed by atoms with van der Waals surface area (Å²) in [4.78, 5) is 22.9. The van der Waals surface area contributed by atoms with Crippen LogP contribution >= 0.6 is 0 Å². The SMILES string of the molecule is C=C(F)C(=O)OC(OCCC(F)(F)C(F)(F)S(=O)(=O)O)(C(=O)OCCC)C(F)(F)F. The van der Waals surface area contributed by atoms with Gasteiger partial charge in [0, 0.05) is 6.42 Å². The smallest absolute Gasteiger partial charge is 0.461 e. The topological polar surface area (TPSA) is 116 Å². The Kier molecular flexibility index (Phi) is 8.79. The van der Waals surface area contributed by atoms with Crippen LogP contribution < -0.4 is 0 Å². The molecule has 8 nitrogen and oxygen atoms in total.